The van der Waals surface area contributed by atoms with Crippen LogP contribution in [0.2, 0.25) is 0 Å². The Morgan fingerprint density at radius 1 is 1.10 bits per heavy atom. The van der Waals surface area contributed by atoms with E-state index in [1.807, 2.05) is 24.3 Å². The van der Waals surface area contributed by atoms with Gasteiger partial charge in [0.2, 0.25) is 12.7 Å². The van der Waals surface area contributed by atoms with Crippen LogP contribution in [0.5, 0.6) is 11.5 Å². The highest BCUT2D eigenvalue weighted by atomic mass is 16.7. The van der Waals surface area contributed by atoms with Gasteiger partial charge in [-0.05, 0) is 24.6 Å². The lowest BCUT2D eigenvalue weighted by molar-refractivity contribution is -0.116. The maximum Gasteiger partial charge on any atom is 0.231 e. The fourth-order valence-electron chi connectivity index (χ4n) is 3.99. The molecule has 4 rings (SSSR count). The molecule has 7 heteroatoms. The lowest BCUT2D eigenvalue weighted by atomic mass is 10.1. The molecule has 1 atom stereocenters. The molecule has 31 heavy (non-hydrogen) atoms. The third kappa shape index (κ3) is 6.19. The van der Waals surface area contributed by atoms with Crippen molar-refractivity contribution in [3.63, 3.8) is 0 Å². The van der Waals surface area contributed by atoms with Gasteiger partial charge in [0.05, 0.1) is 13.2 Å². The van der Waals surface area contributed by atoms with Crippen molar-refractivity contribution in [3.05, 3.63) is 54.1 Å². The highest BCUT2D eigenvalue weighted by molar-refractivity contribution is 5.91. The maximum absolute atomic E-state index is 12.6. The van der Waals surface area contributed by atoms with Gasteiger partial charge >= 0.3 is 0 Å². The molecule has 1 saturated heterocycles. The van der Waals surface area contributed by atoms with Crippen molar-refractivity contribution in [1.82, 2.24) is 9.80 Å². The third-order valence-corrected chi connectivity index (χ3v) is 5.76. The number of benzene rings is 2. The van der Waals surface area contributed by atoms with Gasteiger partial charge in [0.1, 0.15) is 0 Å². The van der Waals surface area contributed by atoms with Crippen LogP contribution in [-0.2, 0) is 16.1 Å². The Morgan fingerprint density at radius 3 is 2.68 bits per heavy atom. The van der Waals surface area contributed by atoms with Crippen LogP contribution >= 0.6 is 0 Å². The SMILES string of the molecule is CC(CN1CCOCC1)N(CCC(=O)Nc1ccc2c(c1)OCO2)Cc1ccccc1. The van der Waals surface area contributed by atoms with Crippen LogP contribution in [0.15, 0.2) is 48.5 Å². The molecule has 7 nitrogen and oxygen atoms in total. The van der Waals surface area contributed by atoms with E-state index in [0.717, 1.165) is 45.1 Å². The number of hydrogen-bond acceptors (Lipinski definition) is 6. The molecule has 0 saturated carbocycles. The third-order valence-electron chi connectivity index (χ3n) is 5.76. The van der Waals surface area contributed by atoms with E-state index in [9.17, 15) is 4.79 Å². The molecule has 0 aromatic heterocycles. The van der Waals surface area contributed by atoms with Crippen molar-refractivity contribution in [2.45, 2.75) is 25.9 Å². The zero-order chi connectivity index (χ0) is 21.5. The van der Waals surface area contributed by atoms with Crippen molar-refractivity contribution in [1.29, 1.82) is 0 Å². The Hall–Kier alpha value is -2.61. The predicted octanol–water partition coefficient (Wildman–Crippen LogP) is 2.97. The quantitative estimate of drug-likeness (QED) is 0.667. The van der Waals surface area contributed by atoms with E-state index < -0.39 is 0 Å². The van der Waals surface area contributed by atoms with Crippen LogP contribution in [0.25, 0.3) is 0 Å². The van der Waals surface area contributed by atoms with Gasteiger partial charge in [-0.1, -0.05) is 30.3 Å². The summed E-state index contributed by atoms with van der Waals surface area (Å²) in [5, 5.41) is 2.98. The van der Waals surface area contributed by atoms with Crippen LogP contribution in [0.3, 0.4) is 0 Å². The monoisotopic (exact) mass is 425 g/mol. The number of hydrogen-bond donors (Lipinski definition) is 1. The number of anilines is 1. The number of nitrogens with zero attached hydrogens (tertiary/aromatic N) is 2. The number of ether oxygens (including phenoxy) is 3. The summed E-state index contributed by atoms with van der Waals surface area (Å²) in [5.41, 5.74) is 1.98. The minimum absolute atomic E-state index is 0.00417. The molecule has 2 aromatic carbocycles. The molecule has 2 aliphatic rings. The highest BCUT2D eigenvalue weighted by Crippen LogP contribution is 2.34. The molecular formula is C24H31N3O4. The van der Waals surface area contributed by atoms with Crippen LogP contribution in [0.4, 0.5) is 5.69 Å². The predicted molar refractivity (Wildman–Crippen MR) is 119 cm³/mol. The zero-order valence-corrected chi connectivity index (χ0v) is 18.1. The fourth-order valence-corrected chi connectivity index (χ4v) is 3.99. The summed E-state index contributed by atoms with van der Waals surface area (Å²) in [6, 6.07) is 16.2. The van der Waals surface area contributed by atoms with Crippen molar-refractivity contribution < 1.29 is 19.0 Å². The molecule has 1 unspecified atom stereocenters. The number of fused-ring (bicyclic) bond motifs is 1. The average molecular weight is 426 g/mol. The summed E-state index contributed by atoms with van der Waals surface area (Å²) in [4.78, 5) is 17.5. The van der Waals surface area contributed by atoms with Gasteiger partial charge in [-0.3, -0.25) is 14.6 Å². The van der Waals surface area contributed by atoms with Crippen molar-refractivity contribution in [3.8, 4) is 11.5 Å². The van der Waals surface area contributed by atoms with Crippen molar-refractivity contribution >= 4 is 11.6 Å². The molecule has 1 amide bonds. The number of carbonyl (C=O) groups excluding carboxylic acids is 1. The smallest absolute Gasteiger partial charge is 0.231 e. The number of nitrogens with one attached hydrogen (secondary N) is 1. The topological polar surface area (TPSA) is 63.3 Å². The fraction of sp³-hybridized carbons (Fsp3) is 0.458. The van der Waals surface area contributed by atoms with E-state index >= 15 is 0 Å². The molecule has 2 aromatic rings. The minimum Gasteiger partial charge on any atom is -0.454 e. The Labute approximate surface area is 183 Å². The van der Waals surface area contributed by atoms with Crippen molar-refractivity contribution in [2.24, 2.45) is 0 Å². The number of morpholine rings is 1. The normalized spacial score (nSPS) is 17.0. The summed E-state index contributed by atoms with van der Waals surface area (Å²) in [7, 11) is 0. The molecule has 2 aliphatic heterocycles. The molecule has 1 N–H and O–H groups in total. The van der Waals surface area contributed by atoms with E-state index in [4.69, 9.17) is 14.2 Å². The van der Waals surface area contributed by atoms with Crippen LogP contribution in [0, 0.1) is 0 Å². The van der Waals surface area contributed by atoms with E-state index in [2.05, 4.69) is 46.3 Å². The largest absolute Gasteiger partial charge is 0.454 e. The lowest BCUT2D eigenvalue weighted by Gasteiger charge is -2.35. The van der Waals surface area contributed by atoms with Crippen LogP contribution in [-0.4, -0.2) is 67.9 Å². The van der Waals surface area contributed by atoms with E-state index in [0.29, 0.717) is 30.5 Å². The molecular weight excluding hydrogens is 394 g/mol. The van der Waals surface area contributed by atoms with E-state index in [1.54, 1.807) is 0 Å². The van der Waals surface area contributed by atoms with Gasteiger partial charge in [0.25, 0.3) is 0 Å². The van der Waals surface area contributed by atoms with Gasteiger partial charge < -0.3 is 19.5 Å². The Bertz CT molecular complexity index is 855. The van der Waals surface area contributed by atoms with Gasteiger partial charge in [-0.15, -0.1) is 0 Å². The first-order chi connectivity index (χ1) is 15.2. The minimum atomic E-state index is -0.00417. The Kier molecular flexibility index (Phi) is 7.40. The zero-order valence-electron chi connectivity index (χ0n) is 18.1. The highest BCUT2D eigenvalue weighted by Gasteiger charge is 2.20. The van der Waals surface area contributed by atoms with E-state index in [-0.39, 0.29) is 12.7 Å². The summed E-state index contributed by atoms with van der Waals surface area (Å²) in [6.45, 7) is 8.48. The van der Waals surface area contributed by atoms with Gasteiger partial charge in [0.15, 0.2) is 11.5 Å². The number of carbonyl (C=O) groups is 1. The number of amides is 1. The second kappa shape index (κ2) is 10.6. The summed E-state index contributed by atoms with van der Waals surface area (Å²) < 4.78 is 16.2. The molecule has 0 spiro atoms. The Morgan fingerprint density at radius 2 is 1.87 bits per heavy atom. The first-order valence-corrected chi connectivity index (χ1v) is 10.9. The summed E-state index contributed by atoms with van der Waals surface area (Å²) in [6.07, 6.45) is 0.425. The average Bonchev–Trinajstić information content (AvgIpc) is 3.26. The lowest BCUT2D eigenvalue weighted by Crippen LogP contribution is -2.46. The van der Waals surface area contributed by atoms with Crippen LogP contribution in [0.1, 0.15) is 18.9 Å². The molecule has 2 heterocycles. The van der Waals surface area contributed by atoms with Crippen molar-refractivity contribution in [2.75, 3.05) is 51.5 Å². The first-order valence-electron chi connectivity index (χ1n) is 10.9. The van der Waals surface area contributed by atoms with E-state index in [1.165, 1.54) is 5.56 Å². The van der Waals surface area contributed by atoms with Gasteiger partial charge in [0, 0.05) is 56.9 Å². The van der Waals surface area contributed by atoms with Crippen LogP contribution < -0.4 is 14.8 Å². The maximum atomic E-state index is 12.6. The molecule has 0 radical (unpaired) electrons. The summed E-state index contributed by atoms with van der Waals surface area (Å²) >= 11 is 0. The molecule has 166 valence electrons. The molecule has 0 aliphatic carbocycles. The van der Waals surface area contributed by atoms with Gasteiger partial charge in [-0.2, -0.15) is 0 Å². The van der Waals surface area contributed by atoms with Gasteiger partial charge in [-0.25, -0.2) is 0 Å². The second-order valence-corrected chi connectivity index (χ2v) is 8.08. The Balaban J connectivity index is 1.34. The number of rotatable bonds is 9. The second-order valence-electron chi connectivity index (χ2n) is 8.08. The summed E-state index contributed by atoms with van der Waals surface area (Å²) in [5.74, 6) is 1.38. The first kappa shape index (κ1) is 21.6. The molecule has 1 fully saturated rings. The standard InChI is InChI=1S/C24H31N3O4/c1-19(16-26-11-13-29-14-12-26)27(17-20-5-3-2-4-6-20)10-9-24(28)25-21-7-8-22-23(15-21)31-18-30-22/h2-8,15,19H,9-14,16-18H2,1H3,(H,25,28). The molecule has 0 bridgehead atoms.